The van der Waals surface area contributed by atoms with Crippen molar-refractivity contribution in [2.75, 3.05) is 5.73 Å². The Bertz CT molecular complexity index is 537. The third-order valence-corrected chi connectivity index (χ3v) is 4.13. The lowest BCUT2D eigenvalue weighted by Gasteiger charge is -2.06. The average Bonchev–Trinajstić information content (AvgIpc) is 2.70. The number of nitrogen functional groups attached to an aromatic ring is 1. The molecule has 90 valence electrons. The summed E-state index contributed by atoms with van der Waals surface area (Å²) in [5.41, 5.74) is 6.76. The SMILES string of the molecule is CCc1nc(N)c(C)c(Sc2nc(C)ns2)n1. The Labute approximate surface area is 108 Å². The van der Waals surface area contributed by atoms with Gasteiger partial charge in [-0.2, -0.15) is 4.37 Å². The molecule has 0 spiro atoms. The smallest absolute Gasteiger partial charge is 0.176 e. The van der Waals surface area contributed by atoms with Crippen LogP contribution < -0.4 is 5.73 Å². The number of hydrogen-bond acceptors (Lipinski definition) is 7. The van der Waals surface area contributed by atoms with Crippen LogP contribution in [0, 0.1) is 13.8 Å². The van der Waals surface area contributed by atoms with Gasteiger partial charge in [-0.05, 0) is 37.1 Å². The van der Waals surface area contributed by atoms with Gasteiger partial charge in [0.05, 0.1) is 0 Å². The highest BCUT2D eigenvalue weighted by molar-refractivity contribution is 8.00. The van der Waals surface area contributed by atoms with Crippen molar-refractivity contribution < 1.29 is 0 Å². The molecule has 5 nitrogen and oxygen atoms in total. The fourth-order valence-electron chi connectivity index (χ4n) is 1.22. The first-order valence-electron chi connectivity index (χ1n) is 5.21. The van der Waals surface area contributed by atoms with Crippen LogP contribution in [0.3, 0.4) is 0 Å². The van der Waals surface area contributed by atoms with E-state index in [4.69, 9.17) is 5.73 Å². The van der Waals surface area contributed by atoms with Gasteiger partial charge in [0.1, 0.15) is 22.5 Å². The third kappa shape index (κ3) is 2.73. The summed E-state index contributed by atoms with van der Waals surface area (Å²) in [7, 11) is 0. The zero-order valence-corrected chi connectivity index (χ0v) is 11.5. The summed E-state index contributed by atoms with van der Waals surface area (Å²) >= 11 is 2.87. The summed E-state index contributed by atoms with van der Waals surface area (Å²) in [5, 5.41) is 0.866. The average molecular weight is 267 g/mol. The van der Waals surface area contributed by atoms with Crippen LogP contribution in [0.15, 0.2) is 9.37 Å². The fourth-order valence-corrected chi connectivity index (χ4v) is 2.89. The van der Waals surface area contributed by atoms with Crippen LogP contribution in [-0.2, 0) is 6.42 Å². The van der Waals surface area contributed by atoms with Crippen molar-refractivity contribution in [3.63, 3.8) is 0 Å². The Morgan fingerprint density at radius 1 is 1.24 bits per heavy atom. The van der Waals surface area contributed by atoms with Crippen LogP contribution >= 0.6 is 23.3 Å². The highest BCUT2D eigenvalue weighted by atomic mass is 32.2. The summed E-state index contributed by atoms with van der Waals surface area (Å²) in [6, 6.07) is 0. The van der Waals surface area contributed by atoms with E-state index >= 15 is 0 Å². The molecule has 0 radical (unpaired) electrons. The molecule has 2 rings (SSSR count). The number of anilines is 1. The lowest BCUT2D eigenvalue weighted by molar-refractivity contribution is 0.878. The second-order valence-electron chi connectivity index (χ2n) is 3.52. The highest BCUT2D eigenvalue weighted by Crippen LogP contribution is 2.31. The van der Waals surface area contributed by atoms with Gasteiger partial charge < -0.3 is 5.73 Å². The molecule has 0 bridgehead atoms. The zero-order valence-electron chi connectivity index (χ0n) is 9.89. The van der Waals surface area contributed by atoms with E-state index in [0.717, 1.165) is 33.0 Å². The lowest BCUT2D eigenvalue weighted by Crippen LogP contribution is -2.03. The maximum Gasteiger partial charge on any atom is 0.176 e. The Morgan fingerprint density at radius 3 is 2.59 bits per heavy atom. The number of aryl methyl sites for hydroxylation is 2. The molecule has 0 unspecified atom stereocenters. The number of nitrogens with zero attached hydrogens (tertiary/aromatic N) is 4. The minimum absolute atomic E-state index is 0.542. The maximum atomic E-state index is 5.86. The molecular weight excluding hydrogens is 254 g/mol. The number of rotatable bonds is 3. The second kappa shape index (κ2) is 4.97. The van der Waals surface area contributed by atoms with E-state index in [-0.39, 0.29) is 0 Å². The zero-order chi connectivity index (χ0) is 12.4. The first-order chi connectivity index (χ1) is 8.10. The van der Waals surface area contributed by atoms with Crippen LogP contribution in [-0.4, -0.2) is 19.3 Å². The van der Waals surface area contributed by atoms with Gasteiger partial charge in [0, 0.05) is 12.0 Å². The van der Waals surface area contributed by atoms with Gasteiger partial charge in [0.2, 0.25) is 0 Å². The van der Waals surface area contributed by atoms with Crippen LogP contribution in [0.25, 0.3) is 0 Å². The number of nitrogens with two attached hydrogens (primary N) is 1. The summed E-state index contributed by atoms with van der Waals surface area (Å²) in [6.07, 6.45) is 0.771. The predicted molar refractivity (Wildman–Crippen MR) is 69.3 cm³/mol. The molecule has 2 aromatic heterocycles. The molecule has 0 aliphatic heterocycles. The molecule has 0 amide bonds. The largest absolute Gasteiger partial charge is 0.383 e. The van der Waals surface area contributed by atoms with E-state index in [2.05, 4.69) is 19.3 Å². The molecule has 0 aromatic carbocycles. The number of aromatic nitrogens is 4. The molecule has 0 saturated carbocycles. The van der Waals surface area contributed by atoms with Crippen LogP contribution in [0.2, 0.25) is 0 Å². The Morgan fingerprint density at radius 2 is 2.00 bits per heavy atom. The van der Waals surface area contributed by atoms with Gasteiger partial charge >= 0.3 is 0 Å². The Hall–Kier alpha value is -1.21. The van der Waals surface area contributed by atoms with Gasteiger partial charge in [-0.1, -0.05) is 6.92 Å². The van der Waals surface area contributed by atoms with Crippen molar-refractivity contribution in [1.82, 2.24) is 19.3 Å². The summed E-state index contributed by atoms with van der Waals surface area (Å²) < 4.78 is 5.02. The van der Waals surface area contributed by atoms with Gasteiger partial charge in [-0.15, -0.1) is 0 Å². The van der Waals surface area contributed by atoms with Crippen molar-refractivity contribution >= 4 is 29.1 Å². The first kappa shape index (κ1) is 12.3. The Balaban J connectivity index is 2.34. The van der Waals surface area contributed by atoms with Crippen molar-refractivity contribution in [3.05, 3.63) is 17.2 Å². The fraction of sp³-hybridized carbons (Fsp3) is 0.400. The molecule has 0 aliphatic rings. The molecule has 0 atom stereocenters. The van der Waals surface area contributed by atoms with Gasteiger partial charge in [0.15, 0.2) is 4.34 Å². The van der Waals surface area contributed by atoms with E-state index in [0.29, 0.717) is 5.82 Å². The van der Waals surface area contributed by atoms with Gasteiger partial charge in [0.25, 0.3) is 0 Å². The van der Waals surface area contributed by atoms with E-state index in [1.165, 1.54) is 23.3 Å². The van der Waals surface area contributed by atoms with Crippen molar-refractivity contribution in [2.45, 2.75) is 36.6 Å². The van der Waals surface area contributed by atoms with Crippen LogP contribution in [0.4, 0.5) is 5.82 Å². The predicted octanol–water partition coefficient (Wildman–Crippen LogP) is 2.24. The van der Waals surface area contributed by atoms with Crippen molar-refractivity contribution in [2.24, 2.45) is 0 Å². The number of hydrogen-bond donors (Lipinski definition) is 1. The summed E-state index contributed by atoms with van der Waals surface area (Å²) in [5.74, 6) is 2.09. The lowest BCUT2D eigenvalue weighted by atomic mass is 10.3. The Kier molecular flexibility index (Phi) is 3.58. The van der Waals surface area contributed by atoms with Crippen molar-refractivity contribution in [1.29, 1.82) is 0 Å². The molecule has 2 heterocycles. The van der Waals surface area contributed by atoms with Crippen LogP contribution in [0.1, 0.15) is 24.1 Å². The minimum atomic E-state index is 0.542. The highest BCUT2D eigenvalue weighted by Gasteiger charge is 2.11. The summed E-state index contributed by atoms with van der Waals surface area (Å²) in [4.78, 5) is 13.0. The normalized spacial score (nSPS) is 10.8. The summed E-state index contributed by atoms with van der Waals surface area (Å²) in [6.45, 7) is 5.80. The van der Waals surface area contributed by atoms with E-state index in [1.807, 2.05) is 20.8 Å². The van der Waals surface area contributed by atoms with Gasteiger partial charge in [-0.25, -0.2) is 15.0 Å². The van der Waals surface area contributed by atoms with E-state index in [1.54, 1.807) is 0 Å². The standard InChI is InChI=1S/C10H13N5S2/c1-4-7-13-8(11)5(2)9(14-7)16-10-12-6(3)15-17-10/h4H2,1-3H3,(H2,11,13,14). The molecule has 2 aromatic rings. The quantitative estimate of drug-likeness (QED) is 0.859. The van der Waals surface area contributed by atoms with E-state index in [9.17, 15) is 0 Å². The molecular formula is C10H13N5S2. The monoisotopic (exact) mass is 267 g/mol. The second-order valence-corrected chi connectivity index (χ2v) is 5.51. The van der Waals surface area contributed by atoms with Crippen molar-refractivity contribution in [3.8, 4) is 0 Å². The molecule has 0 aliphatic carbocycles. The molecule has 2 N–H and O–H groups in total. The van der Waals surface area contributed by atoms with E-state index < -0.39 is 0 Å². The third-order valence-electron chi connectivity index (χ3n) is 2.19. The first-order valence-corrected chi connectivity index (χ1v) is 6.80. The molecule has 0 fully saturated rings. The van der Waals surface area contributed by atoms with Crippen LogP contribution in [0.5, 0.6) is 0 Å². The molecule has 17 heavy (non-hydrogen) atoms. The minimum Gasteiger partial charge on any atom is -0.383 e. The topological polar surface area (TPSA) is 77.6 Å². The maximum absolute atomic E-state index is 5.86. The van der Waals surface area contributed by atoms with Gasteiger partial charge in [-0.3, -0.25) is 0 Å². The molecule has 7 heteroatoms. The molecule has 0 saturated heterocycles.